The Hall–Kier alpha value is -1.57. The summed E-state index contributed by atoms with van der Waals surface area (Å²) in [5.41, 5.74) is 2.44. The zero-order valence-electron chi connectivity index (χ0n) is 33.2. The number of esters is 1. The lowest BCUT2D eigenvalue weighted by Crippen LogP contribution is -2.51. The minimum absolute atomic E-state index is 0.0269. The molecule has 0 N–H and O–H groups in total. The van der Waals surface area contributed by atoms with E-state index in [1.807, 2.05) is 18.2 Å². The summed E-state index contributed by atoms with van der Waals surface area (Å²) in [7, 11) is 0. The molecule has 0 aromatic heterocycles. The van der Waals surface area contributed by atoms with Gasteiger partial charge in [0.15, 0.2) is 0 Å². The molecule has 278 valence electrons. The lowest BCUT2D eigenvalue weighted by molar-refractivity contribution is -0.145. The highest BCUT2D eigenvalue weighted by atomic mass is 16.5. The summed E-state index contributed by atoms with van der Waals surface area (Å²) >= 11 is 0. The highest BCUT2D eigenvalue weighted by Crippen LogP contribution is 2.67. The molecule has 0 radical (unpaired) electrons. The van der Waals surface area contributed by atoms with Crippen molar-refractivity contribution in [2.24, 2.45) is 46.3 Å². The summed E-state index contributed by atoms with van der Waals surface area (Å²) in [5.74, 6) is 4.98. The van der Waals surface area contributed by atoms with E-state index in [0.29, 0.717) is 10.8 Å². The first-order chi connectivity index (χ1) is 23.7. The van der Waals surface area contributed by atoms with Gasteiger partial charge in [-0.2, -0.15) is 0 Å². The van der Waals surface area contributed by atoms with Gasteiger partial charge >= 0.3 is 5.97 Å². The first-order valence-electron chi connectivity index (χ1n) is 21.6. The van der Waals surface area contributed by atoms with Gasteiger partial charge in [-0.1, -0.05) is 167 Å². The Kier molecular flexibility index (Phi) is 16.8. The molecular formula is C47H78O2. The number of hydrogen-bond donors (Lipinski definition) is 0. The van der Waals surface area contributed by atoms with Gasteiger partial charge in [0.05, 0.1) is 0 Å². The third-order valence-corrected chi connectivity index (χ3v) is 14.2. The van der Waals surface area contributed by atoms with Gasteiger partial charge in [-0.3, -0.25) is 0 Å². The van der Waals surface area contributed by atoms with Crippen molar-refractivity contribution >= 4 is 5.97 Å². The molecule has 4 aliphatic rings. The quantitative estimate of drug-likeness (QED) is 0.0398. The van der Waals surface area contributed by atoms with Gasteiger partial charge in [-0.25, -0.2) is 4.79 Å². The monoisotopic (exact) mass is 675 g/mol. The maximum atomic E-state index is 12.7. The second-order valence-corrected chi connectivity index (χ2v) is 18.1. The Labute approximate surface area is 304 Å². The van der Waals surface area contributed by atoms with Crippen LogP contribution in [0.25, 0.3) is 0 Å². The second kappa shape index (κ2) is 20.5. The van der Waals surface area contributed by atoms with E-state index in [0.717, 1.165) is 54.8 Å². The highest BCUT2D eigenvalue weighted by Gasteiger charge is 2.59. The van der Waals surface area contributed by atoms with Gasteiger partial charge in [-0.15, -0.1) is 0 Å². The third kappa shape index (κ3) is 11.5. The van der Waals surface area contributed by atoms with Crippen LogP contribution in [0.5, 0.6) is 0 Å². The fraction of sp³-hybridized carbons (Fsp3) is 0.809. The zero-order valence-corrected chi connectivity index (χ0v) is 33.2. The second-order valence-electron chi connectivity index (χ2n) is 18.1. The van der Waals surface area contributed by atoms with Crippen molar-refractivity contribution < 1.29 is 9.53 Å². The number of fused-ring (bicyclic) bond motifs is 5. The van der Waals surface area contributed by atoms with Gasteiger partial charge in [-0.05, 0) is 104 Å². The van der Waals surface area contributed by atoms with E-state index in [1.165, 1.54) is 128 Å². The number of unbranched alkanes of at least 4 members (excludes halogenated alkanes) is 11. The van der Waals surface area contributed by atoms with E-state index >= 15 is 0 Å². The van der Waals surface area contributed by atoms with Crippen molar-refractivity contribution in [3.63, 3.8) is 0 Å². The van der Waals surface area contributed by atoms with Crippen LogP contribution in [0.1, 0.15) is 189 Å². The normalized spacial score (nSPS) is 32.1. The Morgan fingerprint density at radius 3 is 2.20 bits per heavy atom. The number of ether oxygens (including phenoxy) is 1. The van der Waals surface area contributed by atoms with Crippen molar-refractivity contribution in [1.29, 1.82) is 0 Å². The highest BCUT2D eigenvalue weighted by molar-refractivity contribution is 5.82. The number of hydrogen-bond acceptors (Lipinski definition) is 2. The Balaban J connectivity index is 1.13. The smallest absolute Gasteiger partial charge is 0.331 e. The predicted octanol–water partition coefficient (Wildman–Crippen LogP) is 14.3. The largest absolute Gasteiger partial charge is 0.459 e. The zero-order chi connectivity index (χ0) is 35.1. The predicted molar refractivity (Wildman–Crippen MR) is 211 cm³/mol. The summed E-state index contributed by atoms with van der Waals surface area (Å²) in [6.07, 6.45) is 45.2. The first kappa shape index (κ1) is 40.2. The minimum Gasteiger partial charge on any atom is -0.459 e. The summed E-state index contributed by atoms with van der Waals surface area (Å²) < 4.78 is 6.00. The average Bonchev–Trinajstić information content (AvgIpc) is 3.43. The molecule has 4 aliphatic carbocycles. The first-order valence-corrected chi connectivity index (χ1v) is 21.6. The maximum absolute atomic E-state index is 12.7. The molecule has 3 saturated carbocycles. The maximum Gasteiger partial charge on any atom is 0.331 e. The summed E-state index contributed by atoms with van der Waals surface area (Å²) in [4.78, 5) is 12.7. The van der Waals surface area contributed by atoms with E-state index in [1.54, 1.807) is 11.6 Å². The van der Waals surface area contributed by atoms with E-state index in [2.05, 4.69) is 59.8 Å². The third-order valence-electron chi connectivity index (χ3n) is 14.2. The number of allylic oxidation sites excluding steroid dienone is 6. The molecule has 0 amide bonds. The minimum atomic E-state index is -0.189. The molecule has 49 heavy (non-hydrogen) atoms. The topological polar surface area (TPSA) is 26.3 Å². The molecule has 0 aliphatic heterocycles. The van der Waals surface area contributed by atoms with Crippen LogP contribution in [0.2, 0.25) is 0 Å². The molecule has 0 aromatic carbocycles. The van der Waals surface area contributed by atoms with E-state index in [9.17, 15) is 4.79 Å². The number of carbonyl (C=O) groups is 1. The van der Waals surface area contributed by atoms with Crippen LogP contribution in [0.3, 0.4) is 0 Å². The fourth-order valence-corrected chi connectivity index (χ4v) is 11.3. The van der Waals surface area contributed by atoms with E-state index < -0.39 is 0 Å². The van der Waals surface area contributed by atoms with Crippen molar-refractivity contribution in [2.45, 2.75) is 195 Å². The average molecular weight is 675 g/mol. The van der Waals surface area contributed by atoms with Crippen molar-refractivity contribution in [3.05, 3.63) is 48.1 Å². The fourth-order valence-electron chi connectivity index (χ4n) is 11.3. The molecule has 0 spiro atoms. The lowest BCUT2D eigenvalue weighted by atomic mass is 9.47. The Morgan fingerprint density at radius 1 is 0.796 bits per heavy atom. The summed E-state index contributed by atoms with van der Waals surface area (Å²) in [6, 6.07) is 0. The Bertz CT molecular complexity index is 1090. The van der Waals surface area contributed by atoms with Crippen LogP contribution >= 0.6 is 0 Å². The molecule has 3 fully saturated rings. The van der Waals surface area contributed by atoms with Gasteiger partial charge in [0, 0.05) is 12.5 Å². The molecule has 0 heterocycles. The molecular weight excluding hydrogens is 597 g/mol. The van der Waals surface area contributed by atoms with Crippen LogP contribution in [0.15, 0.2) is 48.1 Å². The molecule has 2 nitrogen and oxygen atoms in total. The lowest BCUT2D eigenvalue weighted by Gasteiger charge is -2.58. The van der Waals surface area contributed by atoms with Crippen molar-refractivity contribution in [2.75, 3.05) is 0 Å². The van der Waals surface area contributed by atoms with Gasteiger partial charge < -0.3 is 4.74 Å². The van der Waals surface area contributed by atoms with Gasteiger partial charge in [0.25, 0.3) is 0 Å². The van der Waals surface area contributed by atoms with Crippen LogP contribution in [-0.2, 0) is 9.53 Å². The summed E-state index contributed by atoms with van der Waals surface area (Å²) in [6.45, 7) is 14.9. The molecule has 0 aromatic rings. The molecule has 4 rings (SSSR count). The molecule has 4 unspecified atom stereocenters. The SMILES string of the molecule is CCCCCCCCCCCCCC=CC=CC=CC(=O)OC1CC[C@@]2(C)C(=CCC3C2CC[C@@]2(C)C3CC[C@@H]2[C@H](C)CCCC(C)C)C1. The van der Waals surface area contributed by atoms with E-state index in [-0.39, 0.29) is 12.1 Å². The summed E-state index contributed by atoms with van der Waals surface area (Å²) in [5, 5.41) is 0. The molecule has 0 saturated heterocycles. The number of rotatable bonds is 21. The van der Waals surface area contributed by atoms with Gasteiger partial charge in [0.1, 0.15) is 6.10 Å². The molecule has 0 bridgehead atoms. The number of carbonyl (C=O) groups excluding carboxylic acids is 1. The van der Waals surface area contributed by atoms with Gasteiger partial charge in [0.2, 0.25) is 0 Å². The van der Waals surface area contributed by atoms with Crippen LogP contribution in [0.4, 0.5) is 0 Å². The van der Waals surface area contributed by atoms with Crippen molar-refractivity contribution in [3.8, 4) is 0 Å². The molecule has 8 atom stereocenters. The van der Waals surface area contributed by atoms with E-state index in [4.69, 9.17) is 4.74 Å². The standard InChI is InChI=1S/C47H78O2/c1-7-8-9-10-11-12-13-14-15-16-17-18-19-20-21-22-23-27-45(48)49-40-32-34-46(5)39(36-40)28-29-41-43-31-30-42(38(4)26-24-25-37(2)3)47(43,6)35-33-44(41)46/h19-23,27-28,37-38,40-44H,7-18,24-26,29-36H2,1-6H3/t38-,40?,41?,42-,43?,44?,46+,47-/m1/s1. The molecule has 2 heteroatoms. The van der Waals surface area contributed by atoms with Crippen LogP contribution < -0.4 is 0 Å². The van der Waals surface area contributed by atoms with Crippen LogP contribution in [-0.4, -0.2) is 12.1 Å². The van der Waals surface area contributed by atoms with Crippen molar-refractivity contribution in [1.82, 2.24) is 0 Å². The van der Waals surface area contributed by atoms with Crippen LogP contribution in [0, 0.1) is 46.3 Å². The Morgan fingerprint density at radius 2 is 1.49 bits per heavy atom.